The van der Waals surface area contributed by atoms with E-state index in [1.165, 1.54) is 12.1 Å². The number of carbonyl (C=O) groups excluding carboxylic acids is 1. The van der Waals surface area contributed by atoms with Crippen molar-refractivity contribution in [1.29, 1.82) is 0 Å². The van der Waals surface area contributed by atoms with Gasteiger partial charge in [-0.3, -0.25) is 4.79 Å². The van der Waals surface area contributed by atoms with E-state index in [0.717, 1.165) is 11.6 Å². The van der Waals surface area contributed by atoms with E-state index in [-0.39, 0.29) is 11.8 Å². The van der Waals surface area contributed by atoms with E-state index in [4.69, 9.17) is 4.74 Å². The number of anilines is 1. The molecule has 3 aromatic rings. The Hall–Kier alpha value is -2.96. The minimum Gasteiger partial charge on any atom is -0.481 e. The molecule has 1 heterocycles. The second-order valence-electron chi connectivity index (χ2n) is 6.92. The number of ether oxygens (including phenoxy) is 1. The lowest BCUT2D eigenvalue weighted by Crippen LogP contribution is -2.30. The zero-order chi connectivity index (χ0) is 20.5. The Balaban J connectivity index is 1.73. The number of rotatable bonds is 5. The summed E-state index contributed by atoms with van der Waals surface area (Å²) in [7, 11) is 0. The maximum absolute atomic E-state index is 12.8. The molecule has 2 N–H and O–H groups in total. The van der Waals surface area contributed by atoms with Gasteiger partial charge in [0.05, 0.1) is 0 Å². The van der Waals surface area contributed by atoms with Gasteiger partial charge in [0.2, 0.25) is 0 Å². The predicted octanol–water partition coefficient (Wildman–Crippen LogP) is 5.72. The van der Waals surface area contributed by atoms with Crippen molar-refractivity contribution in [3.05, 3.63) is 59.8 Å². The summed E-state index contributed by atoms with van der Waals surface area (Å²) in [6.07, 6.45) is -5.22. The van der Waals surface area contributed by atoms with Gasteiger partial charge in [-0.05, 0) is 48.7 Å². The highest BCUT2D eigenvalue weighted by Crippen LogP contribution is 2.32. The SMILES string of the molecule is CC(Oc1ccccc1C(C)C)C(=O)Nc1ccc2[nH]c(C(F)(F)F)cc2c1. The lowest BCUT2D eigenvalue weighted by Gasteiger charge is -2.18. The smallest absolute Gasteiger partial charge is 0.431 e. The summed E-state index contributed by atoms with van der Waals surface area (Å²) in [5.41, 5.74) is 0.918. The molecular formula is C21H21F3N2O2. The standard InChI is InChI=1S/C21H21F3N2O2/c1-12(2)16-6-4-5-7-18(16)28-13(3)20(27)25-15-8-9-17-14(10-15)11-19(26-17)21(22,23)24/h4-13,26H,1-3H3,(H,25,27). The molecule has 0 aliphatic heterocycles. The number of aromatic amines is 1. The Morgan fingerprint density at radius 1 is 1.07 bits per heavy atom. The third kappa shape index (κ3) is 4.30. The number of H-pyrrole nitrogens is 1. The lowest BCUT2D eigenvalue weighted by molar-refractivity contribution is -0.140. The molecule has 1 atom stereocenters. The van der Waals surface area contributed by atoms with Crippen LogP contribution in [-0.4, -0.2) is 17.0 Å². The summed E-state index contributed by atoms with van der Waals surface area (Å²) in [6.45, 7) is 5.70. The van der Waals surface area contributed by atoms with Crippen molar-refractivity contribution in [2.45, 2.75) is 39.0 Å². The highest BCUT2D eigenvalue weighted by atomic mass is 19.4. The van der Waals surface area contributed by atoms with Gasteiger partial charge in [-0.2, -0.15) is 13.2 Å². The minimum absolute atomic E-state index is 0.241. The minimum atomic E-state index is -4.45. The first-order valence-corrected chi connectivity index (χ1v) is 8.91. The third-order valence-corrected chi connectivity index (χ3v) is 4.41. The van der Waals surface area contributed by atoms with Crippen LogP contribution in [0.2, 0.25) is 0 Å². The number of hydrogen-bond acceptors (Lipinski definition) is 2. The normalized spacial score (nSPS) is 13.0. The van der Waals surface area contributed by atoms with E-state index in [0.29, 0.717) is 22.3 Å². The van der Waals surface area contributed by atoms with Gasteiger partial charge >= 0.3 is 6.18 Å². The van der Waals surface area contributed by atoms with E-state index >= 15 is 0 Å². The fourth-order valence-corrected chi connectivity index (χ4v) is 2.92. The third-order valence-electron chi connectivity index (χ3n) is 4.41. The van der Waals surface area contributed by atoms with Crippen molar-refractivity contribution < 1.29 is 22.7 Å². The number of fused-ring (bicyclic) bond motifs is 1. The number of halogens is 3. The fraction of sp³-hybridized carbons (Fsp3) is 0.286. The monoisotopic (exact) mass is 390 g/mol. The van der Waals surface area contributed by atoms with Crippen LogP contribution in [-0.2, 0) is 11.0 Å². The number of amides is 1. The summed E-state index contributed by atoms with van der Waals surface area (Å²) in [6, 6.07) is 13.1. The first kappa shape index (κ1) is 19.8. The maximum atomic E-state index is 12.8. The lowest BCUT2D eigenvalue weighted by atomic mass is 10.0. The molecule has 4 nitrogen and oxygen atoms in total. The molecule has 1 aromatic heterocycles. The molecule has 0 bridgehead atoms. The average Bonchev–Trinajstić information content (AvgIpc) is 3.05. The molecule has 0 spiro atoms. The summed E-state index contributed by atoms with van der Waals surface area (Å²) < 4.78 is 44.3. The van der Waals surface area contributed by atoms with Crippen LogP contribution in [0.5, 0.6) is 5.75 Å². The van der Waals surface area contributed by atoms with E-state index < -0.39 is 18.0 Å². The number of para-hydroxylation sites is 1. The van der Waals surface area contributed by atoms with Crippen LogP contribution in [0, 0.1) is 0 Å². The van der Waals surface area contributed by atoms with Gasteiger partial charge in [-0.1, -0.05) is 32.0 Å². The fourth-order valence-electron chi connectivity index (χ4n) is 2.92. The zero-order valence-corrected chi connectivity index (χ0v) is 15.7. The molecule has 7 heteroatoms. The van der Waals surface area contributed by atoms with E-state index in [2.05, 4.69) is 10.3 Å². The zero-order valence-electron chi connectivity index (χ0n) is 15.7. The molecular weight excluding hydrogens is 369 g/mol. The van der Waals surface area contributed by atoms with Crippen LogP contribution in [0.3, 0.4) is 0 Å². The van der Waals surface area contributed by atoms with Crippen molar-refractivity contribution in [1.82, 2.24) is 4.98 Å². The molecule has 148 valence electrons. The molecule has 0 radical (unpaired) electrons. The summed E-state index contributed by atoms with van der Waals surface area (Å²) in [5, 5.41) is 3.06. The summed E-state index contributed by atoms with van der Waals surface area (Å²) >= 11 is 0. The molecule has 0 fully saturated rings. The Labute approximate surface area is 160 Å². The number of hydrogen-bond donors (Lipinski definition) is 2. The van der Waals surface area contributed by atoms with Crippen molar-refractivity contribution in [2.75, 3.05) is 5.32 Å². The molecule has 1 amide bonds. The average molecular weight is 390 g/mol. The first-order valence-electron chi connectivity index (χ1n) is 8.91. The quantitative estimate of drug-likeness (QED) is 0.586. The highest BCUT2D eigenvalue weighted by molar-refractivity contribution is 5.96. The summed E-state index contributed by atoms with van der Waals surface area (Å²) in [5.74, 6) is 0.492. The molecule has 3 rings (SSSR count). The van der Waals surface area contributed by atoms with E-state index in [1.807, 2.05) is 38.1 Å². The van der Waals surface area contributed by atoms with Crippen LogP contribution < -0.4 is 10.1 Å². The van der Waals surface area contributed by atoms with Gasteiger partial charge < -0.3 is 15.0 Å². The second-order valence-corrected chi connectivity index (χ2v) is 6.92. The number of aromatic nitrogens is 1. The number of benzene rings is 2. The summed E-state index contributed by atoms with van der Waals surface area (Å²) in [4.78, 5) is 14.8. The highest BCUT2D eigenvalue weighted by Gasteiger charge is 2.32. The van der Waals surface area contributed by atoms with E-state index in [9.17, 15) is 18.0 Å². The van der Waals surface area contributed by atoms with Crippen LogP contribution in [0.15, 0.2) is 48.5 Å². The second kappa shape index (κ2) is 7.58. The van der Waals surface area contributed by atoms with Crippen molar-refractivity contribution in [3.8, 4) is 5.75 Å². The number of carbonyl (C=O) groups is 1. The Bertz CT molecular complexity index is 993. The van der Waals surface area contributed by atoms with Crippen molar-refractivity contribution in [2.24, 2.45) is 0 Å². The first-order chi connectivity index (χ1) is 13.1. The van der Waals surface area contributed by atoms with Gasteiger partial charge in [-0.25, -0.2) is 0 Å². The Morgan fingerprint density at radius 2 is 1.79 bits per heavy atom. The topological polar surface area (TPSA) is 54.1 Å². The molecule has 2 aromatic carbocycles. The van der Waals surface area contributed by atoms with Crippen LogP contribution in [0.1, 0.15) is 37.9 Å². The number of nitrogens with one attached hydrogen (secondary N) is 2. The van der Waals surface area contributed by atoms with Gasteiger partial charge in [0.25, 0.3) is 5.91 Å². The molecule has 1 unspecified atom stereocenters. The van der Waals surface area contributed by atoms with Gasteiger partial charge in [-0.15, -0.1) is 0 Å². The Kier molecular flexibility index (Phi) is 5.36. The molecule has 28 heavy (non-hydrogen) atoms. The van der Waals surface area contributed by atoms with E-state index in [1.54, 1.807) is 13.0 Å². The molecule has 0 saturated carbocycles. The van der Waals surface area contributed by atoms with Crippen LogP contribution in [0.25, 0.3) is 10.9 Å². The van der Waals surface area contributed by atoms with Crippen molar-refractivity contribution >= 4 is 22.5 Å². The van der Waals surface area contributed by atoms with Crippen molar-refractivity contribution in [3.63, 3.8) is 0 Å². The maximum Gasteiger partial charge on any atom is 0.431 e. The van der Waals surface area contributed by atoms with Crippen LogP contribution >= 0.6 is 0 Å². The van der Waals surface area contributed by atoms with Gasteiger partial charge in [0, 0.05) is 16.6 Å². The van der Waals surface area contributed by atoms with Crippen LogP contribution in [0.4, 0.5) is 18.9 Å². The largest absolute Gasteiger partial charge is 0.481 e. The molecule has 0 saturated heterocycles. The Morgan fingerprint density at radius 3 is 2.46 bits per heavy atom. The predicted molar refractivity (Wildman–Crippen MR) is 103 cm³/mol. The molecule has 0 aliphatic rings. The molecule has 0 aliphatic carbocycles. The number of alkyl halides is 3. The van der Waals surface area contributed by atoms with Gasteiger partial charge in [0.1, 0.15) is 11.4 Å². The van der Waals surface area contributed by atoms with Gasteiger partial charge in [0.15, 0.2) is 6.10 Å².